The summed E-state index contributed by atoms with van der Waals surface area (Å²) >= 11 is 0. The van der Waals surface area contributed by atoms with Crippen molar-refractivity contribution in [3.8, 4) is 0 Å². The highest BCUT2D eigenvalue weighted by atomic mass is 16.4. The number of carboxylic acid groups (broad SMARTS) is 1. The van der Waals surface area contributed by atoms with Crippen molar-refractivity contribution in [3.05, 3.63) is 40.4 Å². The van der Waals surface area contributed by atoms with Crippen LogP contribution in [0.4, 0.5) is 4.79 Å². The molecule has 0 aliphatic carbocycles. The topological polar surface area (TPSA) is 95.1 Å². The van der Waals surface area contributed by atoms with E-state index in [1.807, 2.05) is 0 Å². The molecular weight excluding hydrogens is 210 g/mol. The fourth-order valence-corrected chi connectivity index (χ4v) is 1.38. The summed E-state index contributed by atoms with van der Waals surface area (Å²) in [5.74, 6) is 0.297. The van der Waals surface area contributed by atoms with Crippen LogP contribution < -0.4 is 10.9 Å². The van der Waals surface area contributed by atoms with Crippen LogP contribution in [0.2, 0.25) is 0 Å². The molecule has 0 fully saturated rings. The lowest BCUT2D eigenvalue weighted by molar-refractivity contribution is 0.193. The maximum absolute atomic E-state index is 11.6. The molecule has 0 aliphatic heterocycles. The molecule has 0 unspecified atom stereocenters. The maximum Gasteiger partial charge on any atom is 0.405 e. The second-order valence-electron chi connectivity index (χ2n) is 3.19. The lowest BCUT2D eigenvalue weighted by Gasteiger charge is -2.02. The average Bonchev–Trinajstić information content (AvgIpc) is 2.26. The smallest absolute Gasteiger partial charge is 0.405 e. The summed E-state index contributed by atoms with van der Waals surface area (Å²) < 4.78 is 0. The number of para-hydroxylation sites is 1. The van der Waals surface area contributed by atoms with Gasteiger partial charge < -0.3 is 15.4 Å². The summed E-state index contributed by atoms with van der Waals surface area (Å²) in [6.45, 7) is -0.0184. The SMILES string of the molecule is O=C(O)NCc1nc2ccccc2c(=O)[nH]1. The van der Waals surface area contributed by atoms with Crippen molar-refractivity contribution >= 4 is 17.0 Å². The molecule has 82 valence electrons. The van der Waals surface area contributed by atoms with Crippen molar-refractivity contribution in [2.24, 2.45) is 0 Å². The molecule has 0 radical (unpaired) electrons. The zero-order valence-corrected chi connectivity index (χ0v) is 8.23. The molecule has 1 aromatic heterocycles. The van der Waals surface area contributed by atoms with E-state index in [1.165, 1.54) is 0 Å². The Hall–Kier alpha value is -2.37. The second kappa shape index (κ2) is 4.01. The van der Waals surface area contributed by atoms with Crippen LogP contribution in [0.1, 0.15) is 5.82 Å². The van der Waals surface area contributed by atoms with E-state index in [2.05, 4.69) is 15.3 Å². The largest absolute Gasteiger partial charge is 0.465 e. The number of hydrogen-bond donors (Lipinski definition) is 3. The number of aromatic amines is 1. The van der Waals surface area contributed by atoms with E-state index < -0.39 is 6.09 Å². The third-order valence-corrected chi connectivity index (χ3v) is 2.07. The summed E-state index contributed by atoms with van der Waals surface area (Å²) in [6.07, 6.45) is -1.16. The van der Waals surface area contributed by atoms with Gasteiger partial charge in [-0.15, -0.1) is 0 Å². The third-order valence-electron chi connectivity index (χ3n) is 2.07. The van der Waals surface area contributed by atoms with E-state index in [-0.39, 0.29) is 12.1 Å². The first-order chi connectivity index (χ1) is 7.66. The van der Waals surface area contributed by atoms with E-state index in [1.54, 1.807) is 24.3 Å². The molecule has 6 nitrogen and oxygen atoms in total. The zero-order valence-electron chi connectivity index (χ0n) is 8.23. The molecule has 0 atom stereocenters. The number of carbonyl (C=O) groups is 1. The number of nitrogens with zero attached hydrogens (tertiary/aromatic N) is 1. The van der Waals surface area contributed by atoms with Crippen molar-refractivity contribution in [2.45, 2.75) is 6.54 Å². The monoisotopic (exact) mass is 219 g/mol. The van der Waals surface area contributed by atoms with Crippen molar-refractivity contribution in [1.29, 1.82) is 0 Å². The van der Waals surface area contributed by atoms with Gasteiger partial charge in [0.15, 0.2) is 0 Å². The average molecular weight is 219 g/mol. The van der Waals surface area contributed by atoms with Crippen LogP contribution in [0.25, 0.3) is 10.9 Å². The summed E-state index contributed by atoms with van der Waals surface area (Å²) in [7, 11) is 0. The van der Waals surface area contributed by atoms with Gasteiger partial charge in [0.2, 0.25) is 0 Å². The van der Waals surface area contributed by atoms with Gasteiger partial charge in [-0.1, -0.05) is 12.1 Å². The molecule has 0 saturated carbocycles. The third kappa shape index (κ3) is 2.00. The number of hydrogen-bond acceptors (Lipinski definition) is 3. The summed E-state index contributed by atoms with van der Waals surface area (Å²) in [4.78, 5) is 28.5. The van der Waals surface area contributed by atoms with Crippen molar-refractivity contribution in [2.75, 3.05) is 0 Å². The van der Waals surface area contributed by atoms with Crippen molar-refractivity contribution in [1.82, 2.24) is 15.3 Å². The fraction of sp³-hybridized carbons (Fsp3) is 0.100. The van der Waals surface area contributed by atoms with Gasteiger partial charge in [-0.05, 0) is 12.1 Å². The number of rotatable bonds is 2. The van der Waals surface area contributed by atoms with E-state index >= 15 is 0 Å². The molecule has 2 aromatic rings. The Morgan fingerprint density at radius 1 is 1.44 bits per heavy atom. The predicted octanol–water partition coefficient (Wildman–Crippen LogP) is 0.691. The molecule has 6 heteroatoms. The second-order valence-corrected chi connectivity index (χ2v) is 3.19. The minimum absolute atomic E-state index is 0.0184. The van der Waals surface area contributed by atoms with Crippen LogP contribution in [0, 0.1) is 0 Å². The lowest BCUT2D eigenvalue weighted by atomic mass is 10.2. The molecule has 0 spiro atoms. The standard InChI is InChI=1S/C10H9N3O3/c14-9-6-3-1-2-4-7(6)12-8(13-9)5-11-10(15)16/h1-4,11H,5H2,(H,15,16)(H,12,13,14). The Bertz CT molecular complexity index is 591. The van der Waals surface area contributed by atoms with Gasteiger partial charge in [-0.2, -0.15) is 0 Å². The Labute approximate surface area is 89.9 Å². The van der Waals surface area contributed by atoms with Crippen LogP contribution in [0.3, 0.4) is 0 Å². The first-order valence-electron chi connectivity index (χ1n) is 4.61. The Morgan fingerprint density at radius 3 is 2.94 bits per heavy atom. The Kier molecular flexibility index (Phi) is 2.55. The summed E-state index contributed by atoms with van der Waals surface area (Å²) in [5, 5.41) is 11.1. The van der Waals surface area contributed by atoms with E-state index in [4.69, 9.17) is 5.11 Å². The quantitative estimate of drug-likeness (QED) is 0.692. The molecule has 0 aliphatic rings. The first-order valence-corrected chi connectivity index (χ1v) is 4.61. The maximum atomic E-state index is 11.6. The van der Waals surface area contributed by atoms with E-state index in [9.17, 15) is 9.59 Å². The van der Waals surface area contributed by atoms with Gasteiger partial charge in [0.05, 0.1) is 17.4 Å². The van der Waals surface area contributed by atoms with Crippen LogP contribution in [0.5, 0.6) is 0 Å². The molecule has 1 aromatic carbocycles. The van der Waals surface area contributed by atoms with Crippen molar-refractivity contribution < 1.29 is 9.90 Å². The molecule has 1 heterocycles. The molecule has 16 heavy (non-hydrogen) atoms. The highest BCUT2D eigenvalue weighted by molar-refractivity contribution is 5.77. The van der Waals surface area contributed by atoms with Gasteiger partial charge in [0, 0.05) is 0 Å². The van der Waals surface area contributed by atoms with Gasteiger partial charge in [0.25, 0.3) is 5.56 Å². The number of amides is 1. The van der Waals surface area contributed by atoms with Crippen LogP contribution in [-0.4, -0.2) is 21.2 Å². The highest BCUT2D eigenvalue weighted by Crippen LogP contribution is 2.05. The summed E-state index contributed by atoms with van der Waals surface area (Å²) in [5.41, 5.74) is 0.279. The molecule has 1 amide bonds. The van der Waals surface area contributed by atoms with Crippen molar-refractivity contribution in [3.63, 3.8) is 0 Å². The first kappa shape index (κ1) is 10.2. The Morgan fingerprint density at radius 2 is 2.19 bits per heavy atom. The van der Waals surface area contributed by atoms with Crippen LogP contribution >= 0.6 is 0 Å². The van der Waals surface area contributed by atoms with E-state index in [0.717, 1.165) is 0 Å². The molecule has 3 N–H and O–H groups in total. The zero-order chi connectivity index (χ0) is 11.5. The lowest BCUT2D eigenvalue weighted by Crippen LogP contribution is -2.23. The molecule has 0 bridgehead atoms. The fourth-order valence-electron chi connectivity index (χ4n) is 1.38. The highest BCUT2D eigenvalue weighted by Gasteiger charge is 2.03. The normalized spacial score (nSPS) is 10.2. The van der Waals surface area contributed by atoms with Gasteiger partial charge in [-0.25, -0.2) is 9.78 Å². The number of benzene rings is 1. The van der Waals surface area contributed by atoms with Gasteiger partial charge >= 0.3 is 6.09 Å². The van der Waals surface area contributed by atoms with E-state index in [0.29, 0.717) is 16.7 Å². The predicted molar refractivity (Wildman–Crippen MR) is 57.2 cm³/mol. The summed E-state index contributed by atoms with van der Waals surface area (Å²) in [6, 6.07) is 6.88. The molecule has 0 saturated heterocycles. The minimum atomic E-state index is -1.16. The minimum Gasteiger partial charge on any atom is -0.465 e. The number of nitrogens with one attached hydrogen (secondary N) is 2. The van der Waals surface area contributed by atoms with Gasteiger partial charge in [0.1, 0.15) is 5.82 Å². The number of fused-ring (bicyclic) bond motifs is 1. The molecule has 2 rings (SSSR count). The van der Waals surface area contributed by atoms with Gasteiger partial charge in [-0.3, -0.25) is 4.79 Å². The van der Waals surface area contributed by atoms with Crippen LogP contribution in [0.15, 0.2) is 29.1 Å². The number of H-pyrrole nitrogens is 1. The van der Waals surface area contributed by atoms with Crippen LogP contribution in [-0.2, 0) is 6.54 Å². The molecular formula is C10H9N3O3. The number of aromatic nitrogens is 2. The Balaban J connectivity index is 2.42.